The van der Waals surface area contributed by atoms with Crippen molar-refractivity contribution in [3.05, 3.63) is 29.8 Å². The Morgan fingerprint density at radius 2 is 2.11 bits per heavy atom. The Morgan fingerprint density at radius 1 is 1.39 bits per heavy atom. The van der Waals surface area contributed by atoms with E-state index in [9.17, 15) is 18.0 Å². The molecule has 0 spiro atoms. The highest BCUT2D eigenvalue weighted by atomic mass is 19.4. The van der Waals surface area contributed by atoms with E-state index in [0.717, 1.165) is 25.0 Å². The molecule has 1 aliphatic carbocycles. The van der Waals surface area contributed by atoms with Crippen LogP contribution in [0.5, 0.6) is 5.75 Å². The summed E-state index contributed by atoms with van der Waals surface area (Å²) in [4.78, 5) is 11.3. The third-order valence-electron chi connectivity index (χ3n) is 2.47. The van der Waals surface area contributed by atoms with Crippen molar-refractivity contribution in [3.63, 3.8) is 0 Å². The van der Waals surface area contributed by atoms with E-state index in [1.807, 2.05) is 0 Å². The zero-order valence-electron chi connectivity index (χ0n) is 9.46. The Labute approximate surface area is 102 Å². The van der Waals surface area contributed by atoms with Crippen LogP contribution in [0.25, 0.3) is 0 Å². The number of halogens is 3. The van der Waals surface area contributed by atoms with Crippen molar-refractivity contribution in [2.24, 2.45) is 0 Å². The third-order valence-corrected chi connectivity index (χ3v) is 2.47. The fraction of sp³-hybridized carbons (Fsp3) is 0.417. The lowest BCUT2D eigenvalue weighted by molar-refractivity contribution is -0.137. The van der Waals surface area contributed by atoms with E-state index in [4.69, 9.17) is 4.74 Å². The van der Waals surface area contributed by atoms with Crippen molar-refractivity contribution in [2.45, 2.75) is 25.1 Å². The maximum Gasteiger partial charge on any atom is 0.416 e. The van der Waals surface area contributed by atoms with Crippen molar-refractivity contribution in [2.75, 3.05) is 6.61 Å². The molecule has 0 aromatic heterocycles. The van der Waals surface area contributed by atoms with Gasteiger partial charge in [0.15, 0.2) is 6.61 Å². The normalized spacial score (nSPS) is 15.3. The second-order valence-corrected chi connectivity index (χ2v) is 4.16. The summed E-state index contributed by atoms with van der Waals surface area (Å²) in [5, 5.41) is 2.68. The van der Waals surface area contributed by atoms with E-state index in [2.05, 4.69) is 5.32 Å². The van der Waals surface area contributed by atoms with Crippen molar-refractivity contribution in [1.29, 1.82) is 0 Å². The predicted molar refractivity (Wildman–Crippen MR) is 58.1 cm³/mol. The molecule has 0 aliphatic heterocycles. The molecule has 18 heavy (non-hydrogen) atoms. The van der Waals surface area contributed by atoms with Crippen LogP contribution in [-0.4, -0.2) is 18.6 Å². The first kappa shape index (κ1) is 12.7. The van der Waals surface area contributed by atoms with Gasteiger partial charge >= 0.3 is 6.18 Å². The molecule has 0 bridgehead atoms. The van der Waals surface area contributed by atoms with Crippen LogP contribution >= 0.6 is 0 Å². The average Bonchev–Trinajstić information content (AvgIpc) is 3.10. The van der Waals surface area contributed by atoms with E-state index in [0.29, 0.717) is 0 Å². The number of amides is 1. The number of ether oxygens (including phenoxy) is 1. The Kier molecular flexibility index (Phi) is 3.45. The highest BCUT2D eigenvalue weighted by Gasteiger charge is 2.30. The van der Waals surface area contributed by atoms with Crippen LogP contribution in [0.4, 0.5) is 13.2 Å². The first-order valence-corrected chi connectivity index (χ1v) is 5.54. The Hall–Kier alpha value is -1.72. The average molecular weight is 259 g/mol. The number of nitrogens with one attached hydrogen (secondary N) is 1. The monoisotopic (exact) mass is 259 g/mol. The molecule has 1 N–H and O–H groups in total. The Morgan fingerprint density at radius 3 is 2.72 bits per heavy atom. The largest absolute Gasteiger partial charge is 0.484 e. The topological polar surface area (TPSA) is 38.3 Å². The summed E-state index contributed by atoms with van der Waals surface area (Å²) in [5.74, 6) is -0.273. The van der Waals surface area contributed by atoms with Crippen LogP contribution in [0.2, 0.25) is 0 Å². The number of alkyl halides is 3. The molecule has 0 saturated heterocycles. The van der Waals surface area contributed by atoms with Gasteiger partial charge in [0.05, 0.1) is 5.56 Å². The van der Waals surface area contributed by atoms with E-state index in [1.165, 1.54) is 12.1 Å². The molecule has 0 radical (unpaired) electrons. The lowest BCUT2D eigenvalue weighted by atomic mass is 10.2. The second-order valence-electron chi connectivity index (χ2n) is 4.16. The first-order valence-electron chi connectivity index (χ1n) is 5.54. The summed E-state index contributed by atoms with van der Waals surface area (Å²) in [5.41, 5.74) is -0.789. The first-order chi connectivity index (χ1) is 8.45. The molecule has 0 unspecified atom stereocenters. The lowest BCUT2D eigenvalue weighted by Crippen LogP contribution is -2.30. The van der Waals surface area contributed by atoms with Gasteiger partial charge in [-0.3, -0.25) is 4.79 Å². The molecule has 3 nitrogen and oxygen atoms in total. The maximum atomic E-state index is 12.4. The summed E-state index contributed by atoms with van der Waals surface area (Å²) in [6.07, 6.45) is -2.50. The van der Waals surface area contributed by atoms with Gasteiger partial charge in [-0.25, -0.2) is 0 Å². The van der Waals surface area contributed by atoms with E-state index in [-0.39, 0.29) is 24.3 Å². The van der Waals surface area contributed by atoms with Crippen LogP contribution in [0.1, 0.15) is 18.4 Å². The van der Waals surface area contributed by atoms with Crippen molar-refractivity contribution in [3.8, 4) is 5.75 Å². The molecule has 1 fully saturated rings. The molecule has 6 heteroatoms. The van der Waals surface area contributed by atoms with Crippen LogP contribution in [0.3, 0.4) is 0 Å². The molecule has 98 valence electrons. The van der Waals surface area contributed by atoms with Gasteiger partial charge in [-0.2, -0.15) is 13.2 Å². The number of hydrogen-bond acceptors (Lipinski definition) is 2. The molecule has 1 saturated carbocycles. The summed E-state index contributed by atoms with van der Waals surface area (Å²) >= 11 is 0. The van der Waals surface area contributed by atoms with Gasteiger partial charge in [-0.05, 0) is 31.0 Å². The quantitative estimate of drug-likeness (QED) is 0.901. The fourth-order valence-corrected chi connectivity index (χ4v) is 1.41. The minimum absolute atomic E-state index is 0.0378. The van der Waals surface area contributed by atoms with Crippen molar-refractivity contribution in [1.82, 2.24) is 5.32 Å². The fourth-order valence-electron chi connectivity index (χ4n) is 1.41. The number of carbonyl (C=O) groups is 1. The molecule has 1 aliphatic rings. The van der Waals surface area contributed by atoms with Gasteiger partial charge in [-0.15, -0.1) is 0 Å². The van der Waals surface area contributed by atoms with Crippen LogP contribution in [0.15, 0.2) is 24.3 Å². The Balaban J connectivity index is 1.90. The zero-order valence-corrected chi connectivity index (χ0v) is 9.46. The lowest BCUT2D eigenvalue weighted by Gasteiger charge is -2.10. The van der Waals surface area contributed by atoms with Crippen LogP contribution < -0.4 is 10.1 Å². The standard InChI is InChI=1S/C12H12F3NO2/c13-12(14,15)8-2-1-3-10(6-8)18-7-11(17)16-9-4-5-9/h1-3,6,9H,4-5,7H2,(H,16,17). The van der Waals surface area contributed by atoms with Crippen LogP contribution in [-0.2, 0) is 11.0 Å². The highest BCUT2D eigenvalue weighted by molar-refractivity contribution is 5.78. The summed E-state index contributed by atoms with van der Waals surface area (Å²) in [6, 6.07) is 4.68. The number of hydrogen-bond donors (Lipinski definition) is 1. The van der Waals surface area contributed by atoms with E-state index in [1.54, 1.807) is 0 Å². The molecular formula is C12H12F3NO2. The molecule has 2 rings (SSSR count). The highest BCUT2D eigenvalue weighted by Crippen LogP contribution is 2.31. The molecular weight excluding hydrogens is 247 g/mol. The van der Waals surface area contributed by atoms with E-state index < -0.39 is 11.7 Å². The SMILES string of the molecule is O=C(COc1cccc(C(F)(F)F)c1)NC1CC1. The van der Waals surface area contributed by atoms with Gasteiger partial charge in [-0.1, -0.05) is 6.07 Å². The van der Waals surface area contributed by atoms with Gasteiger partial charge in [0.2, 0.25) is 0 Å². The van der Waals surface area contributed by atoms with Crippen molar-refractivity contribution < 1.29 is 22.7 Å². The minimum atomic E-state index is -4.41. The summed E-state index contributed by atoms with van der Waals surface area (Å²) in [7, 11) is 0. The molecule has 0 heterocycles. The predicted octanol–water partition coefficient (Wildman–Crippen LogP) is 2.36. The maximum absolute atomic E-state index is 12.4. The Bertz CT molecular complexity index is 441. The molecule has 1 aromatic rings. The van der Waals surface area contributed by atoms with Crippen molar-refractivity contribution >= 4 is 5.91 Å². The molecule has 0 atom stereocenters. The van der Waals surface area contributed by atoms with Gasteiger partial charge in [0, 0.05) is 6.04 Å². The third kappa shape index (κ3) is 3.65. The zero-order chi connectivity index (χ0) is 13.2. The van der Waals surface area contributed by atoms with Gasteiger partial charge < -0.3 is 10.1 Å². The van der Waals surface area contributed by atoms with E-state index >= 15 is 0 Å². The number of carbonyl (C=O) groups excluding carboxylic acids is 1. The minimum Gasteiger partial charge on any atom is -0.484 e. The van der Waals surface area contributed by atoms with Gasteiger partial charge in [0.25, 0.3) is 5.91 Å². The van der Waals surface area contributed by atoms with Crippen LogP contribution in [0, 0.1) is 0 Å². The number of rotatable bonds is 4. The summed E-state index contributed by atoms with van der Waals surface area (Å²) in [6.45, 7) is -0.266. The smallest absolute Gasteiger partial charge is 0.416 e. The molecule has 1 aromatic carbocycles. The van der Waals surface area contributed by atoms with Gasteiger partial charge in [0.1, 0.15) is 5.75 Å². The summed E-state index contributed by atoms with van der Waals surface area (Å²) < 4.78 is 42.3. The second kappa shape index (κ2) is 4.88. The number of benzene rings is 1. The molecule has 1 amide bonds.